The molecule has 3 aromatic rings. The van der Waals surface area contributed by atoms with Crippen molar-refractivity contribution < 1.29 is 13.9 Å². The molecular formula is C24H25ClFNO2. The van der Waals surface area contributed by atoms with Gasteiger partial charge in [0.05, 0.1) is 11.6 Å². The molecule has 0 fully saturated rings. The summed E-state index contributed by atoms with van der Waals surface area (Å²) in [6.45, 7) is 5.47. The van der Waals surface area contributed by atoms with Crippen LogP contribution in [0.25, 0.3) is 0 Å². The van der Waals surface area contributed by atoms with Crippen LogP contribution in [0, 0.1) is 5.82 Å². The lowest BCUT2D eigenvalue weighted by molar-refractivity contribution is 0.269. The fraction of sp³-hybridized carbons (Fsp3) is 0.250. The first-order valence-electron chi connectivity index (χ1n) is 9.67. The van der Waals surface area contributed by atoms with Crippen LogP contribution in [0.15, 0.2) is 66.7 Å². The quantitative estimate of drug-likeness (QED) is 0.446. The molecule has 0 aliphatic rings. The molecule has 0 bridgehead atoms. The molecule has 0 amide bonds. The van der Waals surface area contributed by atoms with Crippen molar-refractivity contribution in [1.82, 2.24) is 5.32 Å². The van der Waals surface area contributed by atoms with Gasteiger partial charge in [0.15, 0.2) is 11.5 Å². The number of hydrogen-bond acceptors (Lipinski definition) is 3. The standard InChI is InChI=1S/C24H25ClFNO2/c1-3-28-23-14-19(15-27-17(2)20-7-5-4-6-8-20)13-22(25)24(23)29-16-18-9-11-21(26)12-10-18/h4-14,17,27H,3,15-16H2,1-2H3. The maximum Gasteiger partial charge on any atom is 0.180 e. The van der Waals surface area contributed by atoms with Gasteiger partial charge >= 0.3 is 0 Å². The smallest absolute Gasteiger partial charge is 0.180 e. The van der Waals surface area contributed by atoms with Gasteiger partial charge in [0.2, 0.25) is 0 Å². The number of hydrogen-bond donors (Lipinski definition) is 1. The van der Waals surface area contributed by atoms with Gasteiger partial charge in [0.25, 0.3) is 0 Å². The maximum absolute atomic E-state index is 13.1. The average molecular weight is 414 g/mol. The Morgan fingerprint density at radius 2 is 1.69 bits per heavy atom. The molecule has 1 N–H and O–H groups in total. The van der Waals surface area contributed by atoms with Crippen LogP contribution in [0.2, 0.25) is 5.02 Å². The predicted octanol–water partition coefficient (Wildman–Crippen LogP) is 6.31. The average Bonchev–Trinajstić information content (AvgIpc) is 2.73. The fourth-order valence-corrected chi connectivity index (χ4v) is 3.28. The molecule has 0 heterocycles. The van der Waals surface area contributed by atoms with Crippen molar-refractivity contribution in [2.75, 3.05) is 6.61 Å². The van der Waals surface area contributed by atoms with E-state index in [9.17, 15) is 4.39 Å². The molecule has 0 radical (unpaired) electrons. The Kier molecular flexibility index (Phi) is 7.50. The van der Waals surface area contributed by atoms with Crippen molar-refractivity contribution in [3.8, 4) is 11.5 Å². The molecule has 3 rings (SSSR count). The Balaban J connectivity index is 1.70. The van der Waals surface area contributed by atoms with E-state index in [1.54, 1.807) is 12.1 Å². The zero-order valence-electron chi connectivity index (χ0n) is 16.6. The van der Waals surface area contributed by atoms with Crippen molar-refractivity contribution in [3.63, 3.8) is 0 Å². The lowest BCUT2D eigenvalue weighted by atomic mass is 10.1. The van der Waals surface area contributed by atoms with Crippen LogP contribution in [-0.4, -0.2) is 6.61 Å². The molecule has 3 aromatic carbocycles. The Hall–Kier alpha value is -2.56. The predicted molar refractivity (Wildman–Crippen MR) is 115 cm³/mol. The summed E-state index contributed by atoms with van der Waals surface area (Å²) in [6.07, 6.45) is 0. The summed E-state index contributed by atoms with van der Waals surface area (Å²) in [4.78, 5) is 0. The molecule has 5 heteroatoms. The van der Waals surface area contributed by atoms with Crippen molar-refractivity contribution in [1.29, 1.82) is 0 Å². The topological polar surface area (TPSA) is 30.5 Å². The van der Waals surface area contributed by atoms with Gasteiger partial charge in [-0.3, -0.25) is 0 Å². The number of halogens is 2. The third kappa shape index (κ3) is 5.96. The molecule has 0 aromatic heterocycles. The number of nitrogens with one attached hydrogen (secondary N) is 1. The number of rotatable bonds is 9. The second-order valence-corrected chi connectivity index (χ2v) is 7.17. The van der Waals surface area contributed by atoms with E-state index >= 15 is 0 Å². The molecule has 0 aliphatic heterocycles. The highest BCUT2D eigenvalue weighted by atomic mass is 35.5. The summed E-state index contributed by atoms with van der Waals surface area (Å²) >= 11 is 6.50. The maximum atomic E-state index is 13.1. The SMILES string of the molecule is CCOc1cc(CNC(C)c2ccccc2)cc(Cl)c1OCc1ccc(F)cc1. The molecule has 0 aliphatic carbocycles. The van der Waals surface area contributed by atoms with Gasteiger partial charge in [-0.25, -0.2) is 4.39 Å². The minimum atomic E-state index is -0.275. The molecule has 0 saturated carbocycles. The summed E-state index contributed by atoms with van der Waals surface area (Å²) in [5.74, 6) is 0.826. The zero-order valence-corrected chi connectivity index (χ0v) is 17.4. The van der Waals surface area contributed by atoms with E-state index in [4.69, 9.17) is 21.1 Å². The third-order valence-corrected chi connectivity index (χ3v) is 4.86. The van der Waals surface area contributed by atoms with Gasteiger partial charge in [-0.05, 0) is 54.8 Å². The summed E-state index contributed by atoms with van der Waals surface area (Å²) < 4.78 is 24.7. The van der Waals surface area contributed by atoms with E-state index in [1.807, 2.05) is 37.3 Å². The second kappa shape index (κ2) is 10.3. The molecule has 1 atom stereocenters. The lowest BCUT2D eigenvalue weighted by Crippen LogP contribution is -2.18. The fourth-order valence-electron chi connectivity index (χ4n) is 2.99. The normalized spacial score (nSPS) is 11.9. The highest BCUT2D eigenvalue weighted by Crippen LogP contribution is 2.37. The Bertz CT molecular complexity index is 916. The Morgan fingerprint density at radius 3 is 2.38 bits per heavy atom. The van der Waals surface area contributed by atoms with Crippen LogP contribution in [0.1, 0.15) is 36.6 Å². The highest BCUT2D eigenvalue weighted by Gasteiger charge is 2.14. The van der Waals surface area contributed by atoms with Gasteiger partial charge in [-0.1, -0.05) is 54.1 Å². The van der Waals surface area contributed by atoms with Gasteiger partial charge < -0.3 is 14.8 Å². The lowest BCUT2D eigenvalue weighted by Gasteiger charge is -2.17. The first-order chi connectivity index (χ1) is 14.1. The minimum Gasteiger partial charge on any atom is -0.490 e. The van der Waals surface area contributed by atoms with Crippen molar-refractivity contribution in [2.45, 2.75) is 33.0 Å². The van der Waals surface area contributed by atoms with Crippen molar-refractivity contribution in [2.24, 2.45) is 0 Å². The van der Waals surface area contributed by atoms with Crippen LogP contribution in [0.5, 0.6) is 11.5 Å². The van der Waals surface area contributed by atoms with Crippen molar-refractivity contribution >= 4 is 11.6 Å². The van der Waals surface area contributed by atoms with Gasteiger partial charge in [0.1, 0.15) is 12.4 Å². The zero-order chi connectivity index (χ0) is 20.6. The van der Waals surface area contributed by atoms with E-state index in [-0.39, 0.29) is 18.5 Å². The summed E-state index contributed by atoms with van der Waals surface area (Å²) in [5.41, 5.74) is 3.09. The summed E-state index contributed by atoms with van der Waals surface area (Å²) in [6, 6.07) is 20.5. The summed E-state index contributed by atoms with van der Waals surface area (Å²) in [7, 11) is 0. The van der Waals surface area contributed by atoms with E-state index < -0.39 is 0 Å². The minimum absolute atomic E-state index is 0.208. The van der Waals surface area contributed by atoms with Crippen LogP contribution >= 0.6 is 11.6 Å². The Labute approximate surface area is 176 Å². The molecule has 3 nitrogen and oxygen atoms in total. The van der Waals surface area contributed by atoms with E-state index in [0.717, 1.165) is 11.1 Å². The second-order valence-electron chi connectivity index (χ2n) is 6.77. The number of benzene rings is 3. The van der Waals surface area contributed by atoms with Gasteiger partial charge in [-0.15, -0.1) is 0 Å². The first kappa shape index (κ1) is 21.2. The van der Waals surface area contributed by atoms with Gasteiger partial charge in [-0.2, -0.15) is 0 Å². The van der Waals surface area contributed by atoms with Crippen LogP contribution < -0.4 is 14.8 Å². The molecule has 29 heavy (non-hydrogen) atoms. The Morgan fingerprint density at radius 1 is 0.966 bits per heavy atom. The van der Waals surface area contributed by atoms with Gasteiger partial charge in [0, 0.05) is 12.6 Å². The van der Waals surface area contributed by atoms with E-state index in [2.05, 4.69) is 24.4 Å². The molecular weight excluding hydrogens is 389 g/mol. The van der Waals surface area contributed by atoms with Crippen LogP contribution in [0.3, 0.4) is 0 Å². The summed E-state index contributed by atoms with van der Waals surface area (Å²) in [5, 5.41) is 3.99. The highest BCUT2D eigenvalue weighted by molar-refractivity contribution is 6.32. The monoisotopic (exact) mass is 413 g/mol. The van der Waals surface area contributed by atoms with E-state index in [0.29, 0.717) is 29.7 Å². The van der Waals surface area contributed by atoms with Crippen LogP contribution in [0.4, 0.5) is 4.39 Å². The third-order valence-electron chi connectivity index (χ3n) is 4.58. The molecule has 0 saturated heterocycles. The molecule has 1 unspecified atom stereocenters. The first-order valence-corrected chi connectivity index (χ1v) is 10.1. The molecule has 152 valence electrons. The number of ether oxygens (including phenoxy) is 2. The van der Waals surface area contributed by atoms with Crippen molar-refractivity contribution in [3.05, 3.63) is 94.3 Å². The van der Waals surface area contributed by atoms with E-state index in [1.165, 1.54) is 17.7 Å². The molecule has 0 spiro atoms. The largest absolute Gasteiger partial charge is 0.490 e. The van der Waals surface area contributed by atoms with Crippen LogP contribution in [-0.2, 0) is 13.2 Å².